The highest BCUT2D eigenvalue weighted by Gasteiger charge is 2.21. The van der Waals surface area contributed by atoms with Gasteiger partial charge >= 0.3 is 0 Å². The SMILES string of the molecule is C=CCNC(=O)c1ccccc1NC(=O)[C@@H](CC)Oc1ccc(C)c(C)c1. The Labute approximate surface area is 160 Å². The number of ether oxygens (including phenoxy) is 1. The lowest BCUT2D eigenvalue weighted by atomic mass is 10.1. The molecule has 0 aromatic heterocycles. The number of carbonyl (C=O) groups excluding carboxylic acids is 2. The molecule has 0 heterocycles. The number of anilines is 1. The van der Waals surface area contributed by atoms with E-state index in [-0.39, 0.29) is 11.8 Å². The lowest BCUT2D eigenvalue weighted by molar-refractivity contribution is -0.122. The number of para-hydroxylation sites is 1. The fraction of sp³-hybridized carbons (Fsp3) is 0.273. The summed E-state index contributed by atoms with van der Waals surface area (Å²) in [6.45, 7) is 9.85. The summed E-state index contributed by atoms with van der Waals surface area (Å²) in [5.41, 5.74) is 3.12. The fourth-order valence-corrected chi connectivity index (χ4v) is 2.54. The van der Waals surface area contributed by atoms with Crippen molar-refractivity contribution < 1.29 is 14.3 Å². The van der Waals surface area contributed by atoms with Crippen molar-refractivity contribution in [2.75, 3.05) is 11.9 Å². The van der Waals surface area contributed by atoms with Gasteiger partial charge in [-0.15, -0.1) is 6.58 Å². The molecular formula is C22H26N2O3. The fourth-order valence-electron chi connectivity index (χ4n) is 2.54. The van der Waals surface area contributed by atoms with E-state index in [9.17, 15) is 9.59 Å². The van der Waals surface area contributed by atoms with Crippen LogP contribution in [0.25, 0.3) is 0 Å². The summed E-state index contributed by atoms with van der Waals surface area (Å²) in [6, 6.07) is 12.6. The molecule has 2 amide bonds. The first-order valence-electron chi connectivity index (χ1n) is 8.99. The maximum absolute atomic E-state index is 12.7. The molecule has 0 aliphatic rings. The van der Waals surface area contributed by atoms with Crippen molar-refractivity contribution in [1.82, 2.24) is 5.32 Å². The zero-order valence-corrected chi connectivity index (χ0v) is 16.0. The third-order valence-corrected chi connectivity index (χ3v) is 4.26. The Morgan fingerprint density at radius 3 is 2.56 bits per heavy atom. The minimum absolute atomic E-state index is 0.270. The van der Waals surface area contributed by atoms with Crippen LogP contribution in [0.15, 0.2) is 55.1 Å². The van der Waals surface area contributed by atoms with Gasteiger partial charge in [-0.3, -0.25) is 9.59 Å². The smallest absolute Gasteiger partial charge is 0.265 e. The van der Waals surface area contributed by atoms with E-state index in [0.717, 1.165) is 5.56 Å². The molecule has 1 atom stereocenters. The van der Waals surface area contributed by atoms with Crippen LogP contribution in [0, 0.1) is 13.8 Å². The summed E-state index contributed by atoms with van der Waals surface area (Å²) in [6.07, 6.45) is 1.45. The summed E-state index contributed by atoms with van der Waals surface area (Å²) in [5.74, 6) is 0.0886. The quantitative estimate of drug-likeness (QED) is 0.694. The Kier molecular flexibility index (Phi) is 7.17. The highest BCUT2D eigenvalue weighted by atomic mass is 16.5. The van der Waals surface area contributed by atoms with Gasteiger partial charge in [0.15, 0.2) is 6.10 Å². The molecule has 142 valence electrons. The van der Waals surface area contributed by atoms with Gasteiger partial charge in [-0.1, -0.05) is 31.2 Å². The van der Waals surface area contributed by atoms with Crippen molar-refractivity contribution in [2.45, 2.75) is 33.3 Å². The molecule has 0 bridgehead atoms. The highest BCUT2D eigenvalue weighted by molar-refractivity contribution is 6.04. The van der Waals surface area contributed by atoms with Gasteiger partial charge in [0.1, 0.15) is 5.75 Å². The molecule has 0 aliphatic heterocycles. The van der Waals surface area contributed by atoms with Gasteiger partial charge in [-0.25, -0.2) is 0 Å². The summed E-state index contributed by atoms with van der Waals surface area (Å²) >= 11 is 0. The molecule has 0 spiro atoms. The van der Waals surface area contributed by atoms with Crippen LogP contribution in [-0.2, 0) is 4.79 Å². The van der Waals surface area contributed by atoms with Crippen molar-refractivity contribution in [3.63, 3.8) is 0 Å². The van der Waals surface area contributed by atoms with E-state index in [2.05, 4.69) is 17.2 Å². The first-order valence-corrected chi connectivity index (χ1v) is 8.99. The maximum Gasteiger partial charge on any atom is 0.265 e. The van der Waals surface area contributed by atoms with E-state index in [0.29, 0.717) is 30.0 Å². The van der Waals surface area contributed by atoms with Crippen LogP contribution in [0.1, 0.15) is 34.8 Å². The summed E-state index contributed by atoms with van der Waals surface area (Å²) in [7, 11) is 0. The molecule has 0 aliphatic carbocycles. The minimum Gasteiger partial charge on any atom is -0.481 e. The van der Waals surface area contributed by atoms with Gasteiger partial charge in [-0.05, 0) is 55.7 Å². The third kappa shape index (κ3) is 5.45. The van der Waals surface area contributed by atoms with Crippen LogP contribution < -0.4 is 15.4 Å². The Bertz CT molecular complexity index is 830. The van der Waals surface area contributed by atoms with E-state index in [1.807, 2.05) is 39.0 Å². The second kappa shape index (κ2) is 9.57. The summed E-state index contributed by atoms with van der Waals surface area (Å²) < 4.78 is 5.87. The Morgan fingerprint density at radius 1 is 1.15 bits per heavy atom. The normalized spacial score (nSPS) is 11.4. The molecule has 0 radical (unpaired) electrons. The van der Waals surface area contributed by atoms with Crippen molar-refractivity contribution in [2.24, 2.45) is 0 Å². The van der Waals surface area contributed by atoms with Gasteiger partial charge in [0.05, 0.1) is 11.3 Å². The molecule has 27 heavy (non-hydrogen) atoms. The molecule has 5 heteroatoms. The topological polar surface area (TPSA) is 67.4 Å². The average molecular weight is 366 g/mol. The van der Waals surface area contributed by atoms with Crippen molar-refractivity contribution in [3.8, 4) is 5.75 Å². The van der Waals surface area contributed by atoms with Crippen LogP contribution in [0.2, 0.25) is 0 Å². The second-order valence-corrected chi connectivity index (χ2v) is 6.29. The Morgan fingerprint density at radius 2 is 1.89 bits per heavy atom. The van der Waals surface area contributed by atoms with Crippen LogP contribution in [0.5, 0.6) is 5.75 Å². The molecule has 0 fully saturated rings. The zero-order chi connectivity index (χ0) is 19.8. The first-order chi connectivity index (χ1) is 13.0. The number of hydrogen-bond acceptors (Lipinski definition) is 3. The second-order valence-electron chi connectivity index (χ2n) is 6.29. The first kappa shape index (κ1) is 20.2. The van der Waals surface area contributed by atoms with Crippen molar-refractivity contribution >= 4 is 17.5 Å². The van der Waals surface area contributed by atoms with Gasteiger partial charge in [0, 0.05) is 6.54 Å². The molecule has 0 unspecified atom stereocenters. The number of rotatable bonds is 8. The van der Waals surface area contributed by atoms with Crippen LogP contribution in [-0.4, -0.2) is 24.5 Å². The largest absolute Gasteiger partial charge is 0.481 e. The maximum atomic E-state index is 12.7. The van der Waals surface area contributed by atoms with Gasteiger partial charge in [-0.2, -0.15) is 0 Å². The lowest BCUT2D eigenvalue weighted by Gasteiger charge is -2.19. The Balaban J connectivity index is 2.13. The zero-order valence-electron chi connectivity index (χ0n) is 16.0. The van der Waals surface area contributed by atoms with Crippen molar-refractivity contribution in [1.29, 1.82) is 0 Å². The molecule has 0 saturated heterocycles. The van der Waals surface area contributed by atoms with Crippen LogP contribution in [0.3, 0.4) is 0 Å². The van der Waals surface area contributed by atoms with Crippen LogP contribution >= 0.6 is 0 Å². The molecule has 0 saturated carbocycles. The average Bonchev–Trinajstić information content (AvgIpc) is 2.67. The van der Waals surface area contributed by atoms with E-state index < -0.39 is 6.10 Å². The number of amides is 2. The van der Waals surface area contributed by atoms with Gasteiger partial charge in [0.25, 0.3) is 11.8 Å². The van der Waals surface area contributed by atoms with E-state index in [1.165, 1.54) is 5.56 Å². The number of aryl methyl sites for hydroxylation is 2. The van der Waals surface area contributed by atoms with E-state index in [1.54, 1.807) is 30.3 Å². The van der Waals surface area contributed by atoms with Crippen LogP contribution in [0.4, 0.5) is 5.69 Å². The predicted molar refractivity (Wildman–Crippen MR) is 108 cm³/mol. The molecule has 2 rings (SSSR count). The molecule has 2 aromatic carbocycles. The number of hydrogen-bond donors (Lipinski definition) is 2. The molecule has 2 N–H and O–H groups in total. The minimum atomic E-state index is -0.656. The summed E-state index contributed by atoms with van der Waals surface area (Å²) in [5, 5.41) is 5.53. The van der Waals surface area contributed by atoms with Crippen molar-refractivity contribution in [3.05, 3.63) is 71.8 Å². The van der Waals surface area contributed by atoms with Gasteiger partial charge < -0.3 is 15.4 Å². The molecule has 5 nitrogen and oxygen atoms in total. The highest BCUT2D eigenvalue weighted by Crippen LogP contribution is 2.20. The monoisotopic (exact) mass is 366 g/mol. The molecular weight excluding hydrogens is 340 g/mol. The summed E-state index contributed by atoms with van der Waals surface area (Å²) in [4.78, 5) is 25.0. The van der Waals surface area contributed by atoms with Gasteiger partial charge in [0.2, 0.25) is 0 Å². The number of carbonyl (C=O) groups is 2. The van der Waals surface area contributed by atoms with E-state index in [4.69, 9.17) is 4.74 Å². The lowest BCUT2D eigenvalue weighted by Crippen LogP contribution is -2.33. The third-order valence-electron chi connectivity index (χ3n) is 4.26. The molecule has 2 aromatic rings. The number of nitrogens with one attached hydrogen (secondary N) is 2. The number of benzene rings is 2. The Hall–Kier alpha value is -3.08. The standard InChI is InChI=1S/C22H26N2O3/c1-5-13-23-21(25)18-9-7-8-10-19(18)24-22(26)20(6-2)27-17-12-11-15(3)16(4)14-17/h5,7-12,14,20H,1,6,13H2,2-4H3,(H,23,25)(H,24,26)/t20-/m1/s1. The predicted octanol–water partition coefficient (Wildman–Crippen LogP) is 4.02. The van der Waals surface area contributed by atoms with E-state index >= 15 is 0 Å².